The molecule has 6 heteroatoms. The summed E-state index contributed by atoms with van der Waals surface area (Å²) in [6.45, 7) is 0. The number of fused-ring (bicyclic) bond motifs is 1. The molecule has 22 heavy (non-hydrogen) atoms. The predicted molar refractivity (Wildman–Crippen MR) is 79.5 cm³/mol. The molecule has 3 rings (SSSR count). The van der Waals surface area contributed by atoms with Gasteiger partial charge in [-0.15, -0.1) is 0 Å². The molecule has 2 N–H and O–H groups in total. The minimum absolute atomic E-state index is 0.0688. The Morgan fingerprint density at radius 2 is 1.95 bits per heavy atom. The SMILES string of the molecule is O=C(O)c1cc(/C=C2\Oc3ccc(Cl)cc3C2=O)ccc1O. The Labute approximate surface area is 130 Å². The van der Waals surface area contributed by atoms with E-state index in [1.165, 1.54) is 30.3 Å². The minimum Gasteiger partial charge on any atom is -0.507 e. The van der Waals surface area contributed by atoms with Crippen molar-refractivity contribution in [1.29, 1.82) is 0 Å². The highest BCUT2D eigenvalue weighted by molar-refractivity contribution is 6.31. The Balaban J connectivity index is 2.00. The molecule has 0 saturated carbocycles. The summed E-state index contributed by atoms with van der Waals surface area (Å²) in [6, 6.07) is 8.72. The van der Waals surface area contributed by atoms with Gasteiger partial charge in [-0.1, -0.05) is 17.7 Å². The summed E-state index contributed by atoms with van der Waals surface area (Å²) in [6.07, 6.45) is 1.42. The third-order valence-corrected chi connectivity index (χ3v) is 3.41. The maximum atomic E-state index is 12.2. The highest BCUT2D eigenvalue weighted by atomic mass is 35.5. The van der Waals surface area contributed by atoms with Crippen molar-refractivity contribution in [2.75, 3.05) is 0 Å². The summed E-state index contributed by atoms with van der Waals surface area (Å²) >= 11 is 5.85. The molecule has 0 aliphatic carbocycles. The Kier molecular flexibility index (Phi) is 3.35. The van der Waals surface area contributed by atoms with E-state index in [4.69, 9.17) is 21.4 Å². The topological polar surface area (TPSA) is 83.8 Å². The van der Waals surface area contributed by atoms with Crippen molar-refractivity contribution >= 4 is 29.4 Å². The summed E-state index contributed by atoms with van der Waals surface area (Å²) < 4.78 is 5.45. The fourth-order valence-electron chi connectivity index (χ4n) is 2.13. The second-order valence-electron chi connectivity index (χ2n) is 4.66. The molecule has 0 aromatic heterocycles. The number of allylic oxidation sites excluding steroid dienone is 1. The fourth-order valence-corrected chi connectivity index (χ4v) is 2.30. The lowest BCUT2D eigenvalue weighted by Gasteiger charge is -2.02. The number of aromatic carboxylic acids is 1. The van der Waals surface area contributed by atoms with E-state index < -0.39 is 5.97 Å². The van der Waals surface area contributed by atoms with Crippen molar-refractivity contribution in [1.82, 2.24) is 0 Å². The number of Topliss-reactive ketones (excluding diaryl/α,β-unsaturated/α-hetero) is 1. The number of ketones is 1. The van der Waals surface area contributed by atoms with E-state index in [1.807, 2.05) is 0 Å². The number of carboxylic acids is 1. The van der Waals surface area contributed by atoms with E-state index in [1.54, 1.807) is 12.1 Å². The van der Waals surface area contributed by atoms with Crippen molar-refractivity contribution in [2.45, 2.75) is 0 Å². The minimum atomic E-state index is -1.26. The molecule has 1 heterocycles. The van der Waals surface area contributed by atoms with Gasteiger partial charge in [0.2, 0.25) is 5.78 Å². The summed E-state index contributed by atoms with van der Waals surface area (Å²) in [7, 11) is 0. The third-order valence-electron chi connectivity index (χ3n) is 3.18. The standard InChI is InChI=1S/C16H9ClO5/c17-9-2-4-13-11(7-9)15(19)14(22-13)6-8-1-3-12(18)10(5-8)16(20)21/h1-7,18H,(H,20,21)/b14-6-. The number of phenols is 1. The number of halogens is 1. The fraction of sp³-hybridized carbons (Fsp3) is 0. The molecule has 0 amide bonds. The van der Waals surface area contributed by atoms with Crippen molar-refractivity contribution < 1.29 is 24.5 Å². The van der Waals surface area contributed by atoms with E-state index in [2.05, 4.69) is 0 Å². The van der Waals surface area contributed by atoms with Gasteiger partial charge in [0.05, 0.1) is 5.56 Å². The second kappa shape index (κ2) is 5.20. The lowest BCUT2D eigenvalue weighted by Crippen LogP contribution is -2.00. The maximum absolute atomic E-state index is 12.2. The Bertz CT molecular complexity index is 838. The first-order valence-corrected chi connectivity index (χ1v) is 6.63. The highest BCUT2D eigenvalue weighted by Crippen LogP contribution is 2.34. The molecule has 1 aliphatic heterocycles. The van der Waals surface area contributed by atoms with Gasteiger partial charge in [-0.2, -0.15) is 0 Å². The summed E-state index contributed by atoms with van der Waals surface area (Å²) in [5, 5.41) is 18.9. The molecule has 0 fully saturated rings. The van der Waals surface area contributed by atoms with Crippen LogP contribution in [-0.4, -0.2) is 22.0 Å². The number of ether oxygens (including phenoxy) is 1. The first-order chi connectivity index (χ1) is 10.5. The molecule has 5 nitrogen and oxygen atoms in total. The van der Waals surface area contributed by atoms with Gasteiger partial charge in [-0.25, -0.2) is 4.79 Å². The molecule has 1 aliphatic rings. The zero-order chi connectivity index (χ0) is 15.9. The van der Waals surface area contributed by atoms with Gasteiger partial charge >= 0.3 is 5.97 Å². The van der Waals surface area contributed by atoms with Crippen molar-refractivity contribution in [2.24, 2.45) is 0 Å². The summed E-state index contributed by atoms with van der Waals surface area (Å²) in [4.78, 5) is 23.2. The molecular formula is C16H9ClO5. The maximum Gasteiger partial charge on any atom is 0.339 e. The van der Waals surface area contributed by atoms with Crippen LogP contribution in [0.3, 0.4) is 0 Å². The lowest BCUT2D eigenvalue weighted by molar-refractivity contribution is 0.0693. The average molecular weight is 317 g/mol. The van der Waals surface area contributed by atoms with Crippen LogP contribution < -0.4 is 4.74 Å². The molecule has 110 valence electrons. The molecular weight excluding hydrogens is 308 g/mol. The van der Waals surface area contributed by atoms with Crippen LogP contribution in [0.2, 0.25) is 5.02 Å². The summed E-state index contributed by atoms with van der Waals surface area (Å²) in [5.74, 6) is -1.46. The molecule has 0 bridgehead atoms. The predicted octanol–water partition coefficient (Wildman–Crippen LogP) is 3.36. The van der Waals surface area contributed by atoms with Crippen LogP contribution in [0.15, 0.2) is 42.2 Å². The molecule has 0 saturated heterocycles. The van der Waals surface area contributed by atoms with Gasteiger partial charge < -0.3 is 14.9 Å². The smallest absolute Gasteiger partial charge is 0.339 e. The van der Waals surface area contributed by atoms with E-state index >= 15 is 0 Å². The number of hydrogen-bond acceptors (Lipinski definition) is 4. The molecule has 0 atom stereocenters. The Morgan fingerprint density at radius 3 is 2.68 bits per heavy atom. The van der Waals surface area contributed by atoms with E-state index in [0.717, 1.165) is 0 Å². The number of carbonyl (C=O) groups excluding carboxylic acids is 1. The average Bonchev–Trinajstić information content (AvgIpc) is 2.77. The van der Waals surface area contributed by atoms with Gasteiger partial charge in [0.1, 0.15) is 17.1 Å². The van der Waals surface area contributed by atoms with Gasteiger partial charge in [-0.05, 0) is 42.0 Å². The van der Waals surface area contributed by atoms with E-state index in [9.17, 15) is 14.7 Å². The number of carboxylic acid groups (broad SMARTS) is 1. The van der Waals surface area contributed by atoms with Crippen molar-refractivity contribution in [3.05, 3.63) is 63.9 Å². The second-order valence-corrected chi connectivity index (χ2v) is 5.10. The zero-order valence-electron chi connectivity index (χ0n) is 11.0. The van der Waals surface area contributed by atoms with Crippen LogP contribution in [0.1, 0.15) is 26.3 Å². The van der Waals surface area contributed by atoms with Crippen LogP contribution in [-0.2, 0) is 0 Å². The Morgan fingerprint density at radius 1 is 1.18 bits per heavy atom. The van der Waals surface area contributed by atoms with E-state index in [0.29, 0.717) is 21.9 Å². The summed E-state index contributed by atoms with van der Waals surface area (Å²) in [5.41, 5.74) is 0.536. The Hall–Kier alpha value is -2.79. The normalized spacial score (nSPS) is 14.8. The van der Waals surface area contributed by atoms with E-state index in [-0.39, 0.29) is 22.9 Å². The van der Waals surface area contributed by atoms with Crippen molar-refractivity contribution in [3.8, 4) is 11.5 Å². The number of carbonyl (C=O) groups is 2. The largest absolute Gasteiger partial charge is 0.507 e. The monoisotopic (exact) mass is 316 g/mol. The molecule has 2 aromatic rings. The number of rotatable bonds is 2. The quantitative estimate of drug-likeness (QED) is 0.830. The molecule has 2 aromatic carbocycles. The van der Waals surface area contributed by atoms with Crippen molar-refractivity contribution in [3.63, 3.8) is 0 Å². The van der Waals surface area contributed by atoms with Crippen LogP contribution in [0.5, 0.6) is 11.5 Å². The number of benzene rings is 2. The molecule has 0 radical (unpaired) electrons. The van der Waals surface area contributed by atoms with Crippen LogP contribution in [0.25, 0.3) is 6.08 Å². The van der Waals surface area contributed by atoms with Gasteiger partial charge in [-0.3, -0.25) is 4.79 Å². The first-order valence-electron chi connectivity index (χ1n) is 6.26. The molecule has 0 spiro atoms. The number of aromatic hydroxyl groups is 1. The first kappa shape index (κ1) is 14.2. The third kappa shape index (κ3) is 2.42. The highest BCUT2D eigenvalue weighted by Gasteiger charge is 2.27. The molecule has 0 unspecified atom stereocenters. The number of hydrogen-bond donors (Lipinski definition) is 2. The van der Waals surface area contributed by atoms with Crippen LogP contribution in [0, 0.1) is 0 Å². The van der Waals surface area contributed by atoms with Crippen LogP contribution >= 0.6 is 11.6 Å². The van der Waals surface area contributed by atoms with Gasteiger partial charge in [0.25, 0.3) is 0 Å². The van der Waals surface area contributed by atoms with Gasteiger partial charge in [0, 0.05) is 5.02 Å². The van der Waals surface area contributed by atoms with Gasteiger partial charge in [0.15, 0.2) is 5.76 Å². The zero-order valence-corrected chi connectivity index (χ0v) is 11.8. The van der Waals surface area contributed by atoms with Crippen LogP contribution in [0.4, 0.5) is 0 Å². The lowest BCUT2D eigenvalue weighted by atomic mass is 10.1.